The molecule has 1 amide bonds. The van der Waals surface area contributed by atoms with Crippen molar-refractivity contribution in [2.24, 2.45) is 0 Å². The van der Waals surface area contributed by atoms with E-state index in [1.165, 1.54) is 17.3 Å². The number of methoxy groups -OCH3 is 2. The van der Waals surface area contributed by atoms with Crippen LogP contribution in [0, 0.1) is 0 Å². The van der Waals surface area contributed by atoms with Gasteiger partial charge < -0.3 is 14.8 Å². The summed E-state index contributed by atoms with van der Waals surface area (Å²) in [5, 5.41) is 12.0. The van der Waals surface area contributed by atoms with Gasteiger partial charge in [0.25, 0.3) is 0 Å². The first-order valence-electron chi connectivity index (χ1n) is 9.20. The van der Waals surface area contributed by atoms with Crippen molar-refractivity contribution in [2.75, 3.05) is 25.3 Å². The molecule has 0 atom stereocenters. The lowest BCUT2D eigenvalue weighted by Gasteiger charge is -2.09. The van der Waals surface area contributed by atoms with E-state index in [2.05, 4.69) is 34.6 Å². The SMILES string of the molecule is CCc1ccc(-c2ccc(SCC(=O)Nc3cc(OC)cc(OC)c3)nn2)cc1. The Morgan fingerprint density at radius 1 is 0.966 bits per heavy atom. The number of carbonyl (C=O) groups excluding carboxylic acids is 1. The van der Waals surface area contributed by atoms with Gasteiger partial charge in [0.1, 0.15) is 16.5 Å². The summed E-state index contributed by atoms with van der Waals surface area (Å²) < 4.78 is 10.4. The van der Waals surface area contributed by atoms with E-state index in [1.54, 1.807) is 32.4 Å². The van der Waals surface area contributed by atoms with Crippen molar-refractivity contribution in [2.45, 2.75) is 18.4 Å². The number of anilines is 1. The quantitative estimate of drug-likeness (QED) is 0.554. The first-order chi connectivity index (χ1) is 14.1. The molecule has 0 radical (unpaired) electrons. The van der Waals surface area contributed by atoms with Crippen molar-refractivity contribution in [3.8, 4) is 22.8 Å². The van der Waals surface area contributed by atoms with Gasteiger partial charge in [0, 0.05) is 29.4 Å². The van der Waals surface area contributed by atoms with Crippen LogP contribution >= 0.6 is 11.8 Å². The van der Waals surface area contributed by atoms with Crippen molar-refractivity contribution in [1.29, 1.82) is 0 Å². The Morgan fingerprint density at radius 2 is 1.66 bits per heavy atom. The minimum absolute atomic E-state index is 0.147. The van der Waals surface area contributed by atoms with Crippen LogP contribution in [0.3, 0.4) is 0 Å². The van der Waals surface area contributed by atoms with Crippen LogP contribution in [0.15, 0.2) is 59.6 Å². The van der Waals surface area contributed by atoms with E-state index in [0.717, 1.165) is 17.7 Å². The third-order valence-electron chi connectivity index (χ3n) is 4.28. The number of rotatable bonds is 8. The number of nitrogens with one attached hydrogen (secondary N) is 1. The lowest BCUT2D eigenvalue weighted by molar-refractivity contribution is -0.113. The summed E-state index contributed by atoms with van der Waals surface area (Å²) >= 11 is 1.33. The molecule has 1 heterocycles. The average molecular weight is 410 g/mol. The van der Waals surface area contributed by atoms with Gasteiger partial charge in [-0.15, -0.1) is 10.2 Å². The topological polar surface area (TPSA) is 73.3 Å². The van der Waals surface area contributed by atoms with Crippen molar-refractivity contribution in [3.63, 3.8) is 0 Å². The normalized spacial score (nSPS) is 10.4. The van der Waals surface area contributed by atoms with Gasteiger partial charge in [-0.05, 0) is 24.1 Å². The van der Waals surface area contributed by atoms with E-state index in [0.29, 0.717) is 22.2 Å². The van der Waals surface area contributed by atoms with E-state index < -0.39 is 0 Å². The molecule has 150 valence electrons. The minimum Gasteiger partial charge on any atom is -0.497 e. The van der Waals surface area contributed by atoms with E-state index in [-0.39, 0.29) is 11.7 Å². The molecule has 29 heavy (non-hydrogen) atoms. The Bertz CT molecular complexity index is 938. The van der Waals surface area contributed by atoms with Crippen LogP contribution in [0.5, 0.6) is 11.5 Å². The fraction of sp³-hybridized carbons (Fsp3) is 0.227. The molecule has 0 aliphatic carbocycles. The van der Waals surface area contributed by atoms with Crippen molar-refractivity contribution >= 4 is 23.4 Å². The summed E-state index contributed by atoms with van der Waals surface area (Å²) in [6.45, 7) is 2.13. The molecular formula is C22H23N3O3S. The number of aromatic nitrogens is 2. The average Bonchev–Trinajstić information content (AvgIpc) is 2.77. The Morgan fingerprint density at radius 3 is 2.21 bits per heavy atom. The number of carbonyl (C=O) groups is 1. The molecule has 7 heteroatoms. The van der Waals surface area contributed by atoms with Gasteiger partial charge in [-0.2, -0.15) is 0 Å². The van der Waals surface area contributed by atoms with Gasteiger partial charge in [0.15, 0.2) is 0 Å². The summed E-state index contributed by atoms with van der Waals surface area (Å²) in [5.41, 5.74) is 3.73. The zero-order valence-electron chi connectivity index (χ0n) is 16.6. The summed E-state index contributed by atoms with van der Waals surface area (Å²) in [7, 11) is 3.13. The molecule has 1 aromatic heterocycles. The van der Waals surface area contributed by atoms with Crippen molar-refractivity contribution < 1.29 is 14.3 Å². The lowest BCUT2D eigenvalue weighted by atomic mass is 10.1. The Labute approximate surface area is 174 Å². The molecule has 0 spiro atoms. The Balaban J connectivity index is 1.57. The second kappa shape index (κ2) is 9.93. The third-order valence-corrected chi connectivity index (χ3v) is 5.20. The first-order valence-corrected chi connectivity index (χ1v) is 10.2. The second-order valence-corrected chi connectivity index (χ2v) is 7.24. The van der Waals surface area contributed by atoms with Crippen LogP contribution in [-0.4, -0.2) is 36.1 Å². The maximum absolute atomic E-state index is 12.3. The largest absolute Gasteiger partial charge is 0.497 e. The highest BCUT2D eigenvalue weighted by molar-refractivity contribution is 7.99. The van der Waals surface area contributed by atoms with Crippen molar-refractivity contribution in [1.82, 2.24) is 10.2 Å². The molecule has 0 saturated heterocycles. The predicted octanol–water partition coefficient (Wildman–Crippen LogP) is 4.45. The van der Waals surface area contributed by atoms with Crippen LogP contribution < -0.4 is 14.8 Å². The van der Waals surface area contributed by atoms with Gasteiger partial charge in [0.05, 0.1) is 25.7 Å². The molecule has 6 nitrogen and oxygen atoms in total. The lowest BCUT2D eigenvalue weighted by Crippen LogP contribution is -2.14. The first kappa shape index (κ1) is 20.7. The van der Waals surface area contributed by atoms with Crippen LogP contribution in [0.25, 0.3) is 11.3 Å². The molecule has 0 unspecified atom stereocenters. The standard InChI is InChI=1S/C22H23N3O3S/c1-4-15-5-7-16(8-6-15)20-9-10-22(25-24-20)29-14-21(26)23-17-11-18(27-2)13-19(12-17)28-3/h5-13H,4,14H2,1-3H3,(H,23,26). The summed E-state index contributed by atoms with van der Waals surface area (Å²) in [4.78, 5) is 12.3. The highest BCUT2D eigenvalue weighted by atomic mass is 32.2. The van der Waals surface area contributed by atoms with Crippen LogP contribution in [0.4, 0.5) is 5.69 Å². The van der Waals surface area contributed by atoms with Crippen LogP contribution in [0.2, 0.25) is 0 Å². The van der Waals surface area contributed by atoms with Crippen molar-refractivity contribution in [3.05, 3.63) is 60.2 Å². The fourth-order valence-electron chi connectivity index (χ4n) is 2.68. The monoisotopic (exact) mass is 409 g/mol. The van der Waals surface area contributed by atoms with Gasteiger partial charge >= 0.3 is 0 Å². The highest BCUT2D eigenvalue weighted by Gasteiger charge is 2.08. The summed E-state index contributed by atoms with van der Waals surface area (Å²) in [5.74, 6) is 1.30. The molecule has 0 aliphatic heterocycles. The maximum atomic E-state index is 12.3. The fourth-order valence-corrected chi connectivity index (χ4v) is 3.29. The smallest absolute Gasteiger partial charge is 0.234 e. The number of ether oxygens (including phenoxy) is 2. The molecule has 3 aromatic rings. The molecule has 2 aromatic carbocycles. The van der Waals surface area contributed by atoms with E-state index in [1.807, 2.05) is 24.3 Å². The minimum atomic E-state index is -0.147. The number of hydrogen-bond acceptors (Lipinski definition) is 6. The van der Waals surface area contributed by atoms with Crippen LogP contribution in [0.1, 0.15) is 12.5 Å². The summed E-state index contributed by atoms with van der Waals surface area (Å²) in [6.07, 6.45) is 1.01. The number of thioether (sulfide) groups is 1. The maximum Gasteiger partial charge on any atom is 0.234 e. The second-order valence-electron chi connectivity index (χ2n) is 6.25. The molecule has 0 saturated carbocycles. The summed E-state index contributed by atoms with van der Waals surface area (Å²) in [6, 6.07) is 17.3. The van der Waals surface area contributed by atoms with Gasteiger partial charge in [-0.1, -0.05) is 43.0 Å². The van der Waals surface area contributed by atoms with Crippen LogP contribution in [-0.2, 0) is 11.2 Å². The molecule has 0 bridgehead atoms. The number of aryl methyl sites for hydroxylation is 1. The van der Waals surface area contributed by atoms with E-state index in [4.69, 9.17) is 9.47 Å². The van der Waals surface area contributed by atoms with Gasteiger partial charge in [-0.3, -0.25) is 4.79 Å². The Kier molecular flexibility index (Phi) is 7.08. The Hall–Kier alpha value is -3.06. The molecule has 0 fully saturated rings. The third kappa shape index (κ3) is 5.71. The molecular weight excluding hydrogens is 386 g/mol. The number of hydrogen-bond donors (Lipinski definition) is 1. The zero-order chi connectivity index (χ0) is 20.6. The highest BCUT2D eigenvalue weighted by Crippen LogP contribution is 2.26. The number of benzene rings is 2. The molecule has 0 aliphatic rings. The van der Waals surface area contributed by atoms with E-state index >= 15 is 0 Å². The number of nitrogens with zero attached hydrogens (tertiary/aromatic N) is 2. The van der Waals surface area contributed by atoms with E-state index in [9.17, 15) is 4.79 Å². The van der Waals surface area contributed by atoms with Gasteiger partial charge in [0.2, 0.25) is 5.91 Å². The zero-order valence-corrected chi connectivity index (χ0v) is 17.5. The number of amides is 1. The van der Waals surface area contributed by atoms with Gasteiger partial charge in [-0.25, -0.2) is 0 Å². The molecule has 1 N–H and O–H groups in total. The molecule has 3 rings (SSSR count). The predicted molar refractivity (Wildman–Crippen MR) is 116 cm³/mol.